The van der Waals surface area contributed by atoms with Gasteiger partial charge in [0, 0.05) is 30.6 Å². The maximum absolute atomic E-state index is 12.0. The number of pyridine rings is 1. The number of ether oxygens (including phenoxy) is 1. The molecule has 6 heteroatoms. The van der Waals surface area contributed by atoms with Gasteiger partial charge in [-0.25, -0.2) is 9.78 Å². The quantitative estimate of drug-likeness (QED) is 0.747. The lowest BCUT2D eigenvalue weighted by Crippen LogP contribution is -2.41. The van der Waals surface area contributed by atoms with Gasteiger partial charge >= 0.3 is 6.09 Å². The largest absolute Gasteiger partial charge is 0.438 e. The Balaban J connectivity index is 1.93. The van der Waals surface area contributed by atoms with Crippen LogP contribution in [-0.4, -0.2) is 28.1 Å². The Kier molecular flexibility index (Phi) is 2.72. The molecule has 0 bridgehead atoms. The number of amides is 1. The summed E-state index contributed by atoms with van der Waals surface area (Å²) in [5.41, 5.74) is 3.80. The molecule has 6 nitrogen and oxygen atoms in total. The molecule has 0 atom stereocenters. The van der Waals surface area contributed by atoms with Crippen molar-refractivity contribution < 1.29 is 9.53 Å². The SMILES string of the molecule is CN1C(=O)OC(C)(C)c2cc3[nH]c(-c4ccncc4)nc3cc21. The van der Waals surface area contributed by atoms with Gasteiger partial charge < -0.3 is 9.72 Å². The average Bonchev–Trinajstić information content (AvgIpc) is 2.95. The van der Waals surface area contributed by atoms with Gasteiger partial charge in [-0.1, -0.05) is 0 Å². The number of H-pyrrole nitrogens is 1. The molecule has 1 N–H and O–H groups in total. The molecule has 0 radical (unpaired) electrons. The van der Waals surface area contributed by atoms with E-state index in [9.17, 15) is 4.79 Å². The first-order valence-electron chi connectivity index (χ1n) is 7.37. The Labute approximate surface area is 133 Å². The minimum atomic E-state index is -0.672. The van der Waals surface area contributed by atoms with Crippen LogP contribution in [0.4, 0.5) is 10.5 Å². The number of nitrogens with zero attached hydrogens (tertiary/aromatic N) is 3. The van der Waals surface area contributed by atoms with Crippen LogP contribution in [0.2, 0.25) is 0 Å². The summed E-state index contributed by atoms with van der Waals surface area (Å²) in [4.78, 5) is 25.5. The van der Waals surface area contributed by atoms with Crippen LogP contribution < -0.4 is 4.90 Å². The summed E-state index contributed by atoms with van der Waals surface area (Å²) in [7, 11) is 1.71. The van der Waals surface area contributed by atoms with Crippen molar-refractivity contribution in [2.24, 2.45) is 0 Å². The number of hydrogen-bond donors (Lipinski definition) is 1. The highest BCUT2D eigenvalue weighted by Gasteiger charge is 2.37. The molecule has 3 heterocycles. The lowest BCUT2D eigenvalue weighted by Gasteiger charge is -2.36. The van der Waals surface area contributed by atoms with Gasteiger partial charge in [0.15, 0.2) is 0 Å². The standard InChI is InChI=1S/C17H16N4O2/c1-17(2)11-8-12-13(9-14(11)21(3)16(22)23-17)20-15(19-12)10-4-6-18-7-5-10/h4-9H,1-3H3,(H,19,20). The average molecular weight is 308 g/mol. The molecule has 0 spiro atoms. The first kappa shape index (κ1) is 13.8. The molecule has 2 aromatic heterocycles. The fourth-order valence-corrected chi connectivity index (χ4v) is 2.89. The molecule has 0 unspecified atom stereocenters. The lowest BCUT2D eigenvalue weighted by molar-refractivity contribution is 0.0363. The third-order valence-electron chi connectivity index (χ3n) is 4.18. The van der Waals surface area contributed by atoms with Crippen molar-refractivity contribution in [2.75, 3.05) is 11.9 Å². The van der Waals surface area contributed by atoms with Gasteiger partial charge in [0.25, 0.3) is 0 Å². The number of cyclic esters (lactones) is 1. The first-order valence-corrected chi connectivity index (χ1v) is 7.37. The Hall–Kier alpha value is -2.89. The van der Waals surface area contributed by atoms with Crippen molar-refractivity contribution >= 4 is 22.8 Å². The Morgan fingerprint density at radius 3 is 2.70 bits per heavy atom. The van der Waals surface area contributed by atoms with Gasteiger partial charge in [0.2, 0.25) is 0 Å². The predicted molar refractivity (Wildman–Crippen MR) is 87.2 cm³/mol. The van der Waals surface area contributed by atoms with Crippen LogP contribution in [0, 0.1) is 0 Å². The van der Waals surface area contributed by atoms with Crippen LogP contribution in [0.5, 0.6) is 0 Å². The normalized spacial score (nSPS) is 16.3. The number of carbonyl (C=O) groups excluding carboxylic acids is 1. The third-order valence-corrected chi connectivity index (χ3v) is 4.18. The minimum absolute atomic E-state index is 0.355. The highest BCUT2D eigenvalue weighted by atomic mass is 16.6. The fraction of sp³-hybridized carbons (Fsp3) is 0.235. The van der Waals surface area contributed by atoms with E-state index in [-0.39, 0.29) is 6.09 Å². The number of nitrogens with one attached hydrogen (secondary N) is 1. The zero-order chi connectivity index (χ0) is 16.2. The lowest BCUT2D eigenvalue weighted by atomic mass is 9.94. The molecule has 4 rings (SSSR count). The molecule has 3 aromatic rings. The molecule has 1 aliphatic heterocycles. The first-order chi connectivity index (χ1) is 11.0. The molecule has 116 valence electrons. The van der Waals surface area contributed by atoms with E-state index in [4.69, 9.17) is 4.74 Å². The van der Waals surface area contributed by atoms with Crippen LogP contribution in [0.1, 0.15) is 19.4 Å². The van der Waals surface area contributed by atoms with Gasteiger partial charge in [-0.05, 0) is 38.1 Å². The highest BCUT2D eigenvalue weighted by Crippen LogP contribution is 2.40. The summed E-state index contributed by atoms with van der Waals surface area (Å²) in [6.07, 6.45) is 3.11. The topological polar surface area (TPSA) is 71.1 Å². The van der Waals surface area contributed by atoms with E-state index < -0.39 is 5.60 Å². The fourth-order valence-electron chi connectivity index (χ4n) is 2.89. The van der Waals surface area contributed by atoms with Gasteiger partial charge in [-0.2, -0.15) is 0 Å². The number of carbonyl (C=O) groups is 1. The molecular weight excluding hydrogens is 292 g/mol. The molecule has 1 aromatic carbocycles. The Bertz CT molecular complexity index is 915. The summed E-state index contributed by atoms with van der Waals surface area (Å²) in [5.74, 6) is 0.775. The van der Waals surface area contributed by atoms with E-state index in [0.29, 0.717) is 0 Å². The molecule has 1 aliphatic rings. The van der Waals surface area contributed by atoms with Crippen molar-refractivity contribution in [3.8, 4) is 11.4 Å². The number of benzene rings is 1. The number of anilines is 1. The maximum atomic E-state index is 12.0. The van der Waals surface area contributed by atoms with Gasteiger partial charge in [-0.3, -0.25) is 9.88 Å². The summed E-state index contributed by atoms with van der Waals surface area (Å²) < 4.78 is 5.50. The smallest absolute Gasteiger partial charge is 0.414 e. The van der Waals surface area contributed by atoms with E-state index >= 15 is 0 Å². The number of fused-ring (bicyclic) bond motifs is 2. The second-order valence-electron chi connectivity index (χ2n) is 6.15. The molecule has 23 heavy (non-hydrogen) atoms. The van der Waals surface area contributed by atoms with Crippen molar-refractivity contribution in [2.45, 2.75) is 19.4 Å². The number of rotatable bonds is 1. The summed E-state index contributed by atoms with van der Waals surface area (Å²) >= 11 is 0. The van der Waals surface area contributed by atoms with E-state index in [1.54, 1.807) is 19.4 Å². The number of aromatic nitrogens is 3. The minimum Gasteiger partial charge on any atom is -0.438 e. The van der Waals surface area contributed by atoms with Crippen molar-refractivity contribution in [3.05, 3.63) is 42.2 Å². The Morgan fingerprint density at radius 2 is 1.96 bits per heavy atom. The third kappa shape index (κ3) is 2.06. The highest BCUT2D eigenvalue weighted by molar-refractivity contribution is 5.95. The van der Waals surface area contributed by atoms with Gasteiger partial charge in [0.1, 0.15) is 11.4 Å². The van der Waals surface area contributed by atoms with E-state index in [1.807, 2.05) is 38.1 Å². The van der Waals surface area contributed by atoms with Gasteiger partial charge in [-0.15, -0.1) is 0 Å². The van der Waals surface area contributed by atoms with E-state index in [1.165, 1.54) is 4.90 Å². The van der Waals surface area contributed by atoms with Crippen molar-refractivity contribution in [1.82, 2.24) is 15.0 Å². The molecule has 0 fully saturated rings. The zero-order valence-corrected chi connectivity index (χ0v) is 13.1. The van der Waals surface area contributed by atoms with Crippen LogP contribution in [0.15, 0.2) is 36.7 Å². The summed E-state index contributed by atoms with van der Waals surface area (Å²) in [6.45, 7) is 3.78. The van der Waals surface area contributed by atoms with Crippen LogP contribution in [0.25, 0.3) is 22.4 Å². The molecule has 1 amide bonds. The Morgan fingerprint density at radius 1 is 1.22 bits per heavy atom. The van der Waals surface area contributed by atoms with Crippen molar-refractivity contribution in [3.63, 3.8) is 0 Å². The predicted octanol–water partition coefficient (Wildman–Crippen LogP) is 3.45. The van der Waals surface area contributed by atoms with Gasteiger partial charge in [0.05, 0.1) is 16.7 Å². The monoisotopic (exact) mass is 308 g/mol. The summed E-state index contributed by atoms with van der Waals surface area (Å²) in [6, 6.07) is 7.74. The van der Waals surface area contributed by atoms with Crippen LogP contribution >= 0.6 is 0 Å². The van der Waals surface area contributed by atoms with Crippen molar-refractivity contribution in [1.29, 1.82) is 0 Å². The number of hydrogen-bond acceptors (Lipinski definition) is 4. The molecular formula is C17H16N4O2. The molecule has 0 saturated carbocycles. The second kappa shape index (κ2) is 4.55. The summed E-state index contributed by atoms with van der Waals surface area (Å²) in [5, 5.41) is 0. The van der Waals surface area contributed by atoms with E-state index in [2.05, 4.69) is 15.0 Å². The number of imidazole rings is 1. The second-order valence-corrected chi connectivity index (χ2v) is 6.15. The molecule has 0 aliphatic carbocycles. The van der Waals surface area contributed by atoms with Crippen LogP contribution in [-0.2, 0) is 10.3 Å². The maximum Gasteiger partial charge on any atom is 0.414 e. The molecule has 0 saturated heterocycles. The number of aromatic amines is 1. The zero-order valence-electron chi connectivity index (χ0n) is 13.1. The van der Waals surface area contributed by atoms with E-state index in [0.717, 1.165) is 33.7 Å². The van der Waals surface area contributed by atoms with Crippen LogP contribution in [0.3, 0.4) is 0 Å².